The number of benzene rings is 1. The van der Waals surface area contributed by atoms with E-state index in [-0.39, 0.29) is 28.9 Å². The number of furan rings is 1. The summed E-state index contributed by atoms with van der Waals surface area (Å²) in [6.45, 7) is 1.75. The molecule has 1 amide bonds. The standard InChI is InChI=1S/C19H16N2O6/c1-12-17(19(23)26-2)15(10-13-6-3-4-8-16(13)21(24)25)18(22)20(12)11-14-7-5-9-27-14/h3-10H,11H2,1-2H3/b15-10+. The maximum Gasteiger partial charge on any atom is 0.340 e. The summed E-state index contributed by atoms with van der Waals surface area (Å²) >= 11 is 0. The molecule has 0 N–H and O–H groups in total. The normalized spacial score (nSPS) is 15.6. The fraction of sp³-hybridized carbons (Fsp3) is 0.158. The molecule has 0 saturated carbocycles. The number of rotatable bonds is 5. The number of amides is 1. The van der Waals surface area contributed by atoms with Crippen molar-refractivity contribution < 1.29 is 23.7 Å². The van der Waals surface area contributed by atoms with E-state index in [2.05, 4.69) is 0 Å². The van der Waals surface area contributed by atoms with Crippen LogP contribution in [0.25, 0.3) is 6.08 Å². The number of ether oxygens (including phenoxy) is 1. The number of nitro benzene ring substituents is 1. The lowest BCUT2D eigenvalue weighted by Crippen LogP contribution is -2.24. The molecule has 8 heteroatoms. The Hall–Kier alpha value is -3.68. The lowest BCUT2D eigenvalue weighted by Gasteiger charge is -2.16. The largest absolute Gasteiger partial charge is 0.467 e. The Kier molecular flexibility index (Phi) is 4.89. The molecule has 1 aromatic heterocycles. The van der Waals surface area contributed by atoms with Crippen LogP contribution < -0.4 is 0 Å². The second-order valence-corrected chi connectivity index (χ2v) is 5.80. The molecule has 0 unspecified atom stereocenters. The molecule has 27 heavy (non-hydrogen) atoms. The van der Waals surface area contributed by atoms with E-state index in [0.717, 1.165) is 0 Å². The van der Waals surface area contributed by atoms with Crippen LogP contribution in [0, 0.1) is 10.1 Å². The molecule has 0 fully saturated rings. The number of methoxy groups -OCH3 is 1. The average molecular weight is 368 g/mol. The van der Waals surface area contributed by atoms with E-state index in [0.29, 0.717) is 11.5 Å². The average Bonchev–Trinajstić information content (AvgIpc) is 3.24. The highest BCUT2D eigenvalue weighted by molar-refractivity contribution is 6.16. The second kappa shape index (κ2) is 7.28. The summed E-state index contributed by atoms with van der Waals surface area (Å²) in [6.07, 6.45) is 2.83. The van der Waals surface area contributed by atoms with Crippen LogP contribution in [0.1, 0.15) is 18.2 Å². The van der Waals surface area contributed by atoms with Gasteiger partial charge in [0.25, 0.3) is 11.6 Å². The SMILES string of the molecule is COC(=O)C1=C(C)N(Cc2ccco2)C(=O)/C1=C/c1ccccc1[N+](=O)[O-]. The van der Waals surface area contributed by atoms with Gasteiger partial charge in [0.05, 0.1) is 41.6 Å². The van der Waals surface area contributed by atoms with Crippen LogP contribution in [0.4, 0.5) is 5.69 Å². The molecule has 0 spiro atoms. The number of allylic oxidation sites excluding steroid dienone is 1. The lowest BCUT2D eigenvalue weighted by atomic mass is 10.0. The van der Waals surface area contributed by atoms with Crippen molar-refractivity contribution in [2.45, 2.75) is 13.5 Å². The van der Waals surface area contributed by atoms with E-state index in [1.807, 2.05) is 0 Å². The Bertz CT molecular complexity index is 972. The minimum Gasteiger partial charge on any atom is -0.467 e. The van der Waals surface area contributed by atoms with Gasteiger partial charge in [-0.25, -0.2) is 4.79 Å². The van der Waals surface area contributed by atoms with Crippen molar-refractivity contribution in [1.82, 2.24) is 4.90 Å². The quantitative estimate of drug-likeness (QED) is 0.348. The molecule has 138 valence electrons. The Morgan fingerprint density at radius 1 is 1.30 bits per heavy atom. The van der Waals surface area contributed by atoms with Crippen LogP contribution in [0.3, 0.4) is 0 Å². The van der Waals surface area contributed by atoms with Crippen molar-refractivity contribution in [3.8, 4) is 0 Å². The third-order valence-electron chi connectivity index (χ3n) is 4.23. The zero-order valence-electron chi connectivity index (χ0n) is 14.7. The molecule has 2 aromatic rings. The predicted octanol–water partition coefficient (Wildman–Crippen LogP) is 3.06. The van der Waals surface area contributed by atoms with Crippen molar-refractivity contribution in [3.05, 3.63) is 80.9 Å². The number of hydrogen-bond donors (Lipinski definition) is 0. The molecule has 0 bridgehead atoms. The van der Waals surface area contributed by atoms with E-state index in [9.17, 15) is 19.7 Å². The van der Waals surface area contributed by atoms with Gasteiger partial charge in [-0.1, -0.05) is 12.1 Å². The van der Waals surface area contributed by atoms with Crippen LogP contribution >= 0.6 is 0 Å². The Morgan fingerprint density at radius 3 is 2.67 bits per heavy atom. The molecule has 0 saturated heterocycles. The van der Waals surface area contributed by atoms with Gasteiger partial charge in [0.15, 0.2) is 0 Å². The molecule has 1 aliphatic heterocycles. The highest BCUT2D eigenvalue weighted by Crippen LogP contribution is 2.34. The lowest BCUT2D eigenvalue weighted by molar-refractivity contribution is -0.385. The molecular formula is C19H16N2O6. The van der Waals surface area contributed by atoms with Gasteiger partial charge in [0, 0.05) is 11.8 Å². The summed E-state index contributed by atoms with van der Waals surface area (Å²) in [5.41, 5.74) is 0.574. The van der Waals surface area contributed by atoms with Gasteiger partial charge < -0.3 is 14.1 Å². The van der Waals surface area contributed by atoms with E-state index in [1.54, 1.807) is 25.1 Å². The molecule has 1 aliphatic rings. The highest BCUT2D eigenvalue weighted by Gasteiger charge is 2.37. The zero-order valence-corrected chi connectivity index (χ0v) is 14.7. The maximum absolute atomic E-state index is 13.0. The van der Waals surface area contributed by atoms with Gasteiger partial charge in [-0.05, 0) is 31.2 Å². The minimum absolute atomic E-state index is 0.0419. The van der Waals surface area contributed by atoms with E-state index in [4.69, 9.17) is 9.15 Å². The molecule has 0 radical (unpaired) electrons. The van der Waals surface area contributed by atoms with Crippen LogP contribution in [0.15, 0.2) is 63.9 Å². The summed E-state index contributed by atoms with van der Waals surface area (Å²) in [4.78, 5) is 37.3. The van der Waals surface area contributed by atoms with Gasteiger partial charge in [0.1, 0.15) is 5.76 Å². The Balaban J connectivity index is 2.10. The topological polar surface area (TPSA) is 103 Å². The van der Waals surface area contributed by atoms with Crippen LogP contribution in [-0.4, -0.2) is 28.8 Å². The third-order valence-corrected chi connectivity index (χ3v) is 4.23. The van der Waals surface area contributed by atoms with Gasteiger partial charge in [-0.3, -0.25) is 14.9 Å². The fourth-order valence-corrected chi connectivity index (χ4v) is 2.91. The summed E-state index contributed by atoms with van der Waals surface area (Å²) in [5.74, 6) is -0.603. The van der Waals surface area contributed by atoms with Gasteiger partial charge in [-0.15, -0.1) is 0 Å². The number of nitro groups is 1. The number of carbonyl (C=O) groups is 2. The molecular weight excluding hydrogens is 352 g/mol. The third kappa shape index (κ3) is 3.37. The number of hydrogen-bond acceptors (Lipinski definition) is 6. The first-order chi connectivity index (χ1) is 12.9. The number of carbonyl (C=O) groups excluding carboxylic acids is 2. The molecule has 0 aliphatic carbocycles. The van der Waals surface area contributed by atoms with Crippen molar-refractivity contribution in [1.29, 1.82) is 0 Å². The fourth-order valence-electron chi connectivity index (χ4n) is 2.91. The van der Waals surface area contributed by atoms with Crippen LogP contribution in [0.2, 0.25) is 0 Å². The monoisotopic (exact) mass is 368 g/mol. The van der Waals surface area contributed by atoms with Crippen molar-refractivity contribution in [2.75, 3.05) is 7.11 Å². The first-order valence-electron chi connectivity index (χ1n) is 8.03. The van der Waals surface area contributed by atoms with Gasteiger partial charge in [-0.2, -0.15) is 0 Å². The molecule has 2 heterocycles. The summed E-state index contributed by atoms with van der Waals surface area (Å²) in [6, 6.07) is 9.40. The Morgan fingerprint density at radius 2 is 2.04 bits per heavy atom. The minimum atomic E-state index is -0.687. The second-order valence-electron chi connectivity index (χ2n) is 5.80. The van der Waals surface area contributed by atoms with E-state index >= 15 is 0 Å². The van der Waals surface area contributed by atoms with Gasteiger partial charge >= 0.3 is 5.97 Å². The summed E-state index contributed by atoms with van der Waals surface area (Å²) < 4.78 is 10.1. The van der Waals surface area contributed by atoms with Crippen molar-refractivity contribution in [2.24, 2.45) is 0 Å². The maximum atomic E-state index is 13.0. The molecule has 3 rings (SSSR count). The summed E-state index contributed by atoms with van der Waals surface area (Å²) in [5, 5.41) is 11.3. The molecule has 8 nitrogen and oxygen atoms in total. The first kappa shape index (κ1) is 18.1. The number of nitrogens with zero attached hydrogens (tertiary/aromatic N) is 2. The summed E-state index contributed by atoms with van der Waals surface area (Å²) in [7, 11) is 1.21. The smallest absolute Gasteiger partial charge is 0.340 e. The van der Waals surface area contributed by atoms with Gasteiger partial charge in [0.2, 0.25) is 0 Å². The van der Waals surface area contributed by atoms with Crippen LogP contribution in [-0.2, 0) is 20.9 Å². The van der Waals surface area contributed by atoms with E-state index in [1.165, 1.54) is 42.5 Å². The number of para-hydroxylation sites is 1. The molecule has 0 atom stereocenters. The molecule has 1 aromatic carbocycles. The van der Waals surface area contributed by atoms with E-state index < -0.39 is 16.8 Å². The van der Waals surface area contributed by atoms with Crippen LogP contribution in [0.5, 0.6) is 0 Å². The number of esters is 1. The Labute approximate surface area is 154 Å². The predicted molar refractivity (Wildman–Crippen MR) is 95.0 cm³/mol. The van der Waals surface area contributed by atoms with Crippen molar-refractivity contribution in [3.63, 3.8) is 0 Å². The first-order valence-corrected chi connectivity index (χ1v) is 8.03. The zero-order chi connectivity index (χ0) is 19.6. The highest BCUT2D eigenvalue weighted by atomic mass is 16.6. The van der Waals surface area contributed by atoms with Crippen molar-refractivity contribution >= 4 is 23.6 Å².